The van der Waals surface area contributed by atoms with Crippen molar-refractivity contribution in [1.82, 2.24) is 4.90 Å². The van der Waals surface area contributed by atoms with E-state index in [1.165, 1.54) is 6.92 Å². The number of methoxy groups -OCH3 is 1. The first-order valence-corrected chi connectivity index (χ1v) is 6.63. The predicted molar refractivity (Wildman–Crippen MR) is 77.3 cm³/mol. The van der Waals surface area contributed by atoms with Crippen LogP contribution in [0, 0.1) is 0 Å². The highest BCUT2D eigenvalue weighted by Gasteiger charge is 2.10. The monoisotopic (exact) mass is 281 g/mol. The van der Waals surface area contributed by atoms with Crippen LogP contribution in [0.1, 0.15) is 17.3 Å². The lowest BCUT2D eigenvalue weighted by atomic mass is 10.1. The SMILES string of the molecule is COCC(O)CN(C)CCOc1ccccc1C(C)=O. The van der Waals surface area contributed by atoms with Crippen LogP contribution < -0.4 is 4.74 Å². The van der Waals surface area contributed by atoms with Crippen LogP contribution in [0.2, 0.25) is 0 Å². The van der Waals surface area contributed by atoms with Crippen LogP contribution in [-0.4, -0.2) is 62.4 Å². The molecule has 0 amide bonds. The maximum atomic E-state index is 11.4. The summed E-state index contributed by atoms with van der Waals surface area (Å²) in [5.74, 6) is 0.593. The Labute approximate surface area is 120 Å². The molecule has 0 aliphatic carbocycles. The van der Waals surface area contributed by atoms with Crippen molar-refractivity contribution in [1.29, 1.82) is 0 Å². The second kappa shape index (κ2) is 8.68. The highest BCUT2D eigenvalue weighted by molar-refractivity contribution is 5.96. The molecule has 5 nitrogen and oxygen atoms in total. The molecule has 0 radical (unpaired) electrons. The van der Waals surface area contributed by atoms with Crippen molar-refractivity contribution in [3.63, 3.8) is 0 Å². The van der Waals surface area contributed by atoms with Crippen LogP contribution in [0.25, 0.3) is 0 Å². The van der Waals surface area contributed by atoms with E-state index in [0.29, 0.717) is 37.6 Å². The van der Waals surface area contributed by atoms with E-state index in [9.17, 15) is 9.90 Å². The molecule has 1 unspecified atom stereocenters. The summed E-state index contributed by atoms with van der Waals surface area (Å²) < 4.78 is 10.5. The van der Waals surface area contributed by atoms with Crippen molar-refractivity contribution in [2.75, 3.05) is 40.5 Å². The molecular formula is C15H23NO4. The summed E-state index contributed by atoms with van der Waals surface area (Å²) in [5.41, 5.74) is 0.592. The zero-order valence-electron chi connectivity index (χ0n) is 12.3. The van der Waals surface area contributed by atoms with Gasteiger partial charge >= 0.3 is 0 Å². The number of hydrogen-bond acceptors (Lipinski definition) is 5. The number of ketones is 1. The smallest absolute Gasteiger partial charge is 0.163 e. The number of nitrogens with zero attached hydrogens (tertiary/aromatic N) is 1. The number of aliphatic hydroxyl groups excluding tert-OH is 1. The molecule has 1 aromatic rings. The Morgan fingerprint density at radius 1 is 1.40 bits per heavy atom. The molecule has 0 fully saturated rings. The standard InChI is InChI=1S/C15H23NO4/c1-12(17)14-6-4-5-7-15(14)20-9-8-16(2)10-13(18)11-19-3/h4-7,13,18H,8-11H2,1-3H3. The molecule has 20 heavy (non-hydrogen) atoms. The van der Waals surface area contributed by atoms with Gasteiger partial charge in [0.15, 0.2) is 5.78 Å². The van der Waals surface area contributed by atoms with Gasteiger partial charge in [-0.15, -0.1) is 0 Å². The van der Waals surface area contributed by atoms with Crippen LogP contribution in [-0.2, 0) is 4.74 Å². The minimum atomic E-state index is -0.505. The number of para-hydroxylation sites is 1. The molecule has 112 valence electrons. The summed E-state index contributed by atoms with van der Waals surface area (Å²) in [6.07, 6.45) is -0.505. The van der Waals surface area contributed by atoms with Crippen molar-refractivity contribution < 1.29 is 19.4 Å². The van der Waals surface area contributed by atoms with E-state index in [4.69, 9.17) is 9.47 Å². The van der Waals surface area contributed by atoms with E-state index in [1.54, 1.807) is 19.2 Å². The first kappa shape index (κ1) is 16.6. The van der Waals surface area contributed by atoms with Crippen molar-refractivity contribution >= 4 is 5.78 Å². The minimum Gasteiger partial charge on any atom is -0.491 e. The third kappa shape index (κ3) is 5.69. The Morgan fingerprint density at radius 2 is 2.10 bits per heavy atom. The quantitative estimate of drug-likeness (QED) is 0.689. The Kier molecular flexibility index (Phi) is 7.22. The highest BCUT2D eigenvalue weighted by Crippen LogP contribution is 2.18. The third-order valence-electron chi connectivity index (χ3n) is 2.88. The van der Waals surface area contributed by atoms with Gasteiger partial charge in [-0.2, -0.15) is 0 Å². The van der Waals surface area contributed by atoms with Gasteiger partial charge in [-0.25, -0.2) is 0 Å². The average molecular weight is 281 g/mol. The van der Waals surface area contributed by atoms with Crippen LogP contribution in [0.15, 0.2) is 24.3 Å². The Balaban J connectivity index is 2.39. The third-order valence-corrected chi connectivity index (χ3v) is 2.88. The zero-order valence-corrected chi connectivity index (χ0v) is 12.3. The number of Topliss-reactive ketones (excluding diaryl/α,β-unsaturated/α-hetero) is 1. The molecule has 0 aliphatic rings. The summed E-state index contributed by atoms with van der Waals surface area (Å²) in [6.45, 7) is 3.48. The van der Waals surface area contributed by atoms with Crippen LogP contribution >= 0.6 is 0 Å². The largest absolute Gasteiger partial charge is 0.491 e. The second-order valence-electron chi connectivity index (χ2n) is 4.77. The van der Waals surface area contributed by atoms with Gasteiger partial charge in [0, 0.05) is 20.2 Å². The van der Waals surface area contributed by atoms with Crippen molar-refractivity contribution in [2.45, 2.75) is 13.0 Å². The van der Waals surface area contributed by atoms with Crippen molar-refractivity contribution in [3.8, 4) is 5.75 Å². The Morgan fingerprint density at radius 3 is 2.75 bits per heavy atom. The van der Waals surface area contributed by atoms with Gasteiger partial charge in [0.2, 0.25) is 0 Å². The fourth-order valence-electron chi connectivity index (χ4n) is 1.89. The molecule has 0 aromatic heterocycles. The number of aliphatic hydroxyl groups is 1. The number of carbonyl (C=O) groups is 1. The first-order chi connectivity index (χ1) is 9.54. The molecule has 0 heterocycles. The molecule has 1 aromatic carbocycles. The van der Waals surface area contributed by atoms with Crippen LogP contribution in [0.5, 0.6) is 5.75 Å². The van der Waals surface area contributed by atoms with Gasteiger partial charge in [0.05, 0.1) is 18.3 Å². The Bertz CT molecular complexity index is 422. The van der Waals surface area contributed by atoms with Gasteiger partial charge in [-0.05, 0) is 26.1 Å². The number of hydrogen-bond donors (Lipinski definition) is 1. The molecule has 1 rings (SSSR count). The van der Waals surface area contributed by atoms with Crippen LogP contribution in [0.4, 0.5) is 0 Å². The predicted octanol–water partition coefficient (Wildman–Crippen LogP) is 1.21. The highest BCUT2D eigenvalue weighted by atomic mass is 16.5. The van der Waals surface area contributed by atoms with E-state index in [2.05, 4.69) is 0 Å². The molecule has 0 spiro atoms. The topological polar surface area (TPSA) is 59.0 Å². The van der Waals surface area contributed by atoms with E-state index in [-0.39, 0.29) is 5.78 Å². The average Bonchev–Trinajstić information content (AvgIpc) is 2.39. The molecule has 0 saturated heterocycles. The molecule has 0 aliphatic heterocycles. The van der Waals surface area contributed by atoms with Gasteiger partial charge < -0.3 is 19.5 Å². The maximum Gasteiger partial charge on any atom is 0.163 e. The van der Waals surface area contributed by atoms with E-state index in [1.807, 2.05) is 24.1 Å². The lowest BCUT2D eigenvalue weighted by molar-refractivity contribution is 0.0409. The zero-order chi connectivity index (χ0) is 15.0. The van der Waals surface area contributed by atoms with E-state index < -0.39 is 6.10 Å². The Hall–Kier alpha value is -1.43. The minimum absolute atomic E-state index is 0.00975. The molecule has 5 heteroatoms. The summed E-state index contributed by atoms with van der Waals surface area (Å²) in [4.78, 5) is 13.4. The normalized spacial score (nSPS) is 12.4. The summed E-state index contributed by atoms with van der Waals surface area (Å²) in [5, 5.41) is 9.60. The molecule has 1 atom stereocenters. The molecule has 0 bridgehead atoms. The summed E-state index contributed by atoms with van der Waals surface area (Å²) in [6, 6.07) is 7.20. The van der Waals surface area contributed by atoms with E-state index in [0.717, 1.165) is 0 Å². The fraction of sp³-hybridized carbons (Fsp3) is 0.533. The number of carbonyl (C=O) groups excluding carboxylic acids is 1. The summed E-state index contributed by atoms with van der Waals surface area (Å²) in [7, 11) is 3.46. The molecule has 1 N–H and O–H groups in total. The van der Waals surface area contributed by atoms with Gasteiger partial charge in [0.25, 0.3) is 0 Å². The number of likely N-dealkylation sites (N-methyl/N-ethyl adjacent to an activating group) is 1. The van der Waals surface area contributed by atoms with Gasteiger partial charge in [-0.3, -0.25) is 4.79 Å². The van der Waals surface area contributed by atoms with Crippen molar-refractivity contribution in [2.24, 2.45) is 0 Å². The second-order valence-corrected chi connectivity index (χ2v) is 4.77. The summed E-state index contributed by atoms with van der Waals surface area (Å²) >= 11 is 0. The number of benzene rings is 1. The van der Waals surface area contributed by atoms with Crippen molar-refractivity contribution in [3.05, 3.63) is 29.8 Å². The van der Waals surface area contributed by atoms with E-state index >= 15 is 0 Å². The number of rotatable bonds is 9. The van der Waals surface area contributed by atoms with Gasteiger partial charge in [-0.1, -0.05) is 12.1 Å². The van der Waals surface area contributed by atoms with Crippen LogP contribution in [0.3, 0.4) is 0 Å². The number of ether oxygens (including phenoxy) is 2. The molecule has 0 saturated carbocycles. The lowest BCUT2D eigenvalue weighted by Crippen LogP contribution is -2.34. The first-order valence-electron chi connectivity index (χ1n) is 6.63. The van der Waals surface area contributed by atoms with Gasteiger partial charge in [0.1, 0.15) is 12.4 Å². The lowest BCUT2D eigenvalue weighted by Gasteiger charge is -2.20. The fourth-order valence-corrected chi connectivity index (χ4v) is 1.89. The maximum absolute atomic E-state index is 11.4. The molecular weight excluding hydrogens is 258 g/mol.